The minimum Gasteiger partial charge on any atom is -0.496 e. The van der Waals surface area contributed by atoms with Gasteiger partial charge in [0.05, 0.1) is 24.7 Å². The predicted octanol–water partition coefficient (Wildman–Crippen LogP) is 3.23. The van der Waals surface area contributed by atoms with Gasteiger partial charge < -0.3 is 15.4 Å². The molecule has 1 aliphatic carbocycles. The SMILES string of the molecule is COc1cc2ncc(-c3cccc(NC4CCNC4)n3)n2cc1C1(C)CC1. The van der Waals surface area contributed by atoms with Crippen molar-refractivity contribution in [1.29, 1.82) is 0 Å². The van der Waals surface area contributed by atoms with Crippen LogP contribution in [0.25, 0.3) is 17.0 Å². The van der Waals surface area contributed by atoms with E-state index in [1.165, 1.54) is 18.4 Å². The van der Waals surface area contributed by atoms with Gasteiger partial charge in [-0.2, -0.15) is 0 Å². The molecule has 0 bridgehead atoms. The van der Waals surface area contributed by atoms with Crippen LogP contribution < -0.4 is 15.4 Å². The van der Waals surface area contributed by atoms with E-state index in [1.54, 1.807) is 7.11 Å². The van der Waals surface area contributed by atoms with E-state index in [4.69, 9.17) is 9.72 Å². The lowest BCUT2D eigenvalue weighted by atomic mass is 9.99. The maximum atomic E-state index is 5.64. The minimum absolute atomic E-state index is 0.216. The Bertz CT molecular complexity index is 985. The highest BCUT2D eigenvalue weighted by molar-refractivity contribution is 5.64. The Hall–Kier alpha value is -2.60. The van der Waals surface area contributed by atoms with E-state index in [-0.39, 0.29) is 5.41 Å². The second-order valence-corrected chi connectivity index (χ2v) is 7.93. The van der Waals surface area contributed by atoms with Crippen molar-refractivity contribution in [1.82, 2.24) is 19.7 Å². The number of imidazole rings is 1. The number of fused-ring (bicyclic) bond motifs is 1. The number of methoxy groups -OCH3 is 1. The number of hydrogen-bond donors (Lipinski definition) is 2. The highest BCUT2D eigenvalue weighted by Gasteiger charge is 2.41. The first-order chi connectivity index (χ1) is 13.2. The van der Waals surface area contributed by atoms with E-state index >= 15 is 0 Å². The summed E-state index contributed by atoms with van der Waals surface area (Å²) in [5.41, 5.74) is 4.29. The molecule has 2 aliphatic rings. The first-order valence-corrected chi connectivity index (χ1v) is 9.66. The zero-order valence-corrected chi connectivity index (χ0v) is 15.8. The summed E-state index contributed by atoms with van der Waals surface area (Å²) in [6.07, 6.45) is 7.62. The van der Waals surface area contributed by atoms with Gasteiger partial charge in [-0.05, 0) is 43.4 Å². The van der Waals surface area contributed by atoms with Gasteiger partial charge in [-0.1, -0.05) is 13.0 Å². The lowest BCUT2D eigenvalue weighted by Crippen LogP contribution is -2.22. The van der Waals surface area contributed by atoms with Crippen molar-refractivity contribution < 1.29 is 4.74 Å². The third-order valence-electron chi connectivity index (χ3n) is 5.90. The van der Waals surface area contributed by atoms with Crippen LogP contribution in [0.3, 0.4) is 0 Å². The summed E-state index contributed by atoms with van der Waals surface area (Å²) >= 11 is 0. The molecule has 1 saturated heterocycles. The van der Waals surface area contributed by atoms with Crippen LogP contribution in [0, 0.1) is 0 Å². The van der Waals surface area contributed by atoms with Crippen molar-refractivity contribution in [3.63, 3.8) is 0 Å². The van der Waals surface area contributed by atoms with E-state index in [0.29, 0.717) is 6.04 Å². The number of nitrogens with one attached hydrogen (secondary N) is 2. The van der Waals surface area contributed by atoms with Crippen LogP contribution >= 0.6 is 0 Å². The monoisotopic (exact) mass is 363 g/mol. The normalized spacial score (nSPS) is 20.7. The second kappa shape index (κ2) is 6.23. The Balaban J connectivity index is 1.55. The maximum Gasteiger partial charge on any atom is 0.140 e. The fraction of sp³-hybridized carbons (Fsp3) is 0.429. The Labute approximate surface area is 159 Å². The van der Waals surface area contributed by atoms with E-state index in [9.17, 15) is 0 Å². The maximum absolute atomic E-state index is 5.64. The summed E-state index contributed by atoms with van der Waals surface area (Å²) in [6.45, 7) is 4.35. The summed E-state index contributed by atoms with van der Waals surface area (Å²) in [6, 6.07) is 8.61. The zero-order valence-electron chi connectivity index (χ0n) is 15.8. The lowest BCUT2D eigenvalue weighted by Gasteiger charge is -2.16. The van der Waals surface area contributed by atoms with E-state index in [1.807, 2.05) is 24.4 Å². The molecule has 27 heavy (non-hydrogen) atoms. The molecule has 1 atom stereocenters. The van der Waals surface area contributed by atoms with Crippen LogP contribution in [0.4, 0.5) is 5.82 Å². The lowest BCUT2D eigenvalue weighted by molar-refractivity contribution is 0.405. The molecule has 6 heteroatoms. The molecule has 0 spiro atoms. The molecule has 1 aliphatic heterocycles. The van der Waals surface area contributed by atoms with Gasteiger partial charge in [-0.25, -0.2) is 9.97 Å². The van der Waals surface area contributed by atoms with Crippen molar-refractivity contribution >= 4 is 11.5 Å². The first-order valence-electron chi connectivity index (χ1n) is 9.66. The minimum atomic E-state index is 0.216. The van der Waals surface area contributed by atoms with Gasteiger partial charge in [0.1, 0.15) is 17.2 Å². The van der Waals surface area contributed by atoms with Crippen molar-refractivity contribution in [2.45, 2.75) is 37.6 Å². The summed E-state index contributed by atoms with van der Waals surface area (Å²) in [7, 11) is 1.74. The van der Waals surface area contributed by atoms with Gasteiger partial charge in [-0.15, -0.1) is 0 Å². The van der Waals surface area contributed by atoms with E-state index in [0.717, 1.165) is 48.1 Å². The Morgan fingerprint density at radius 3 is 2.96 bits per heavy atom. The Kier molecular flexibility index (Phi) is 3.82. The smallest absolute Gasteiger partial charge is 0.140 e. The van der Waals surface area contributed by atoms with Crippen LogP contribution in [-0.2, 0) is 5.41 Å². The summed E-state index contributed by atoms with van der Waals surface area (Å²) in [4.78, 5) is 9.44. The Morgan fingerprint density at radius 1 is 1.33 bits per heavy atom. The highest BCUT2D eigenvalue weighted by atomic mass is 16.5. The van der Waals surface area contributed by atoms with Crippen LogP contribution in [0.2, 0.25) is 0 Å². The fourth-order valence-electron chi connectivity index (χ4n) is 3.92. The van der Waals surface area contributed by atoms with Crippen molar-refractivity contribution in [2.24, 2.45) is 0 Å². The summed E-state index contributed by atoms with van der Waals surface area (Å²) < 4.78 is 7.79. The van der Waals surface area contributed by atoms with Crippen LogP contribution in [0.1, 0.15) is 31.7 Å². The predicted molar refractivity (Wildman–Crippen MR) is 106 cm³/mol. The molecule has 140 valence electrons. The number of anilines is 1. The first kappa shape index (κ1) is 16.6. The molecular weight excluding hydrogens is 338 g/mol. The number of rotatable bonds is 5. The summed E-state index contributed by atoms with van der Waals surface area (Å²) in [5, 5.41) is 6.91. The van der Waals surface area contributed by atoms with E-state index < -0.39 is 0 Å². The van der Waals surface area contributed by atoms with Gasteiger partial charge in [0, 0.05) is 30.4 Å². The van der Waals surface area contributed by atoms with Gasteiger partial charge in [0.25, 0.3) is 0 Å². The fourth-order valence-corrected chi connectivity index (χ4v) is 3.92. The largest absolute Gasteiger partial charge is 0.496 e. The van der Waals surface area contributed by atoms with Gasteiger partial charge in [0.15, 0.2) is 0 Å². The van der Waals surface area contributed by atoms with Crippen molar-refractivity contribution in [3.8, 4) is 17.1 Å². The number of hydrogen-bond acceptors (Lipinski definition) is 5. The van der Waals surface area contributed by atoms with Gasteiger partial charge in [-0.3, -0.25) is 4.40 Å². The molecule has 3 aromatic heterocycles. The third kappa shape index (κ3) is 2.94. The number of nitrogens with zero attached hydrogens (tertiary/aromatic N) is 3. The quantitative estimate of drug-likeness (QED) is 0.729. The molecule has 0 radical (unpaired) electrons. The molecule has 5 rings (SSSR count). The van der Waals surface area contributed by atoms with Crippen LogP contribution in [0.5, 0.6) is 5.75 Å². The number of aromatic nitrogens is 3. The highest BCUT2D eigenvalue weighted by Crippen LogP contribution is 2.51. The molecule has 1 saturated carbocycles. The third-order valence-corrected chi connectivity index (χ3v) is 5.90. The molecule has 2 N–H and O–H groups in total. The molecule has 6 nitrogen and oxygen atoms in total. The Morgan fingerprint density at radius 2 is 2.22 bits per heavy atom. The molecule has 3 aromatic rings. The van der Waals surface area contributed by atoms with Crippen LogP contribution in [0.15, 0.2) is 36.7 Å². The molecule has 0 amide bonds. The molecule has 2 fully saturated rings. The van der Waals surface area contributed by atoms with Crippen molar-refractivity contribution in [3.05, 3.63) is 42.2 Å². The standard InChI is InChI=1S/C21H25N5O/c1-21(7-8-21)15-13-26-17(12-23-20(26)10-18(15)27-2)16-4-3-5-19(25-16)24-14-6-9-22-11-14/h3-5,10,12-14,22H,6-9,11H2,1-2H3,(H,24,25). The van der Waals surface area contributed by atoms with Gasteiger partial charge >= 0.3 is 0 Å². The van der Waals surface area contributed by atoms with Gasteiger partial charge in [0.2, 0.25) is 0 Å². The van der Waals surface area contributed by atoms with Crippen LogP contribution in [-0.4, -0.2) is 40.6 Å². The van der Waals surface area contributed by atoms with Crippen molar-refractivity contribution in [2.75, 3.05) is 25.5 Å². The number of pyridine rings is 2. The summed E-state index contributed by atoms with van der Waals surface area (Å²) in [5.74, 6) is 1.84. The molecule has 0 aromatic carbocycles. The van der Waals surface area contributed by atoms with E-state index in [2.05, 4.69) is 39.2 Å². The molecule has 1 unspecified atom stereocenters. The molecule has 4 heterocycles. The second-order valence-electron chi connectivity index (χ2n) is 7.93. The topological polar surface area (TPSA) is 63.5 Å². The average molecular weight is 363 g/mol. The number of ether oxygens (including phenoxy) is 1. The average Bonchev–Trinajstić information content (AvgIpc) is 3.09. The molecular formula is C21H25N5O. The zero-order chi connectivity index (χ0) is 18.4.